The van der Waals surface area contributed by atoms with Crippen LogP contribution in [0.5, 0.6) is 6.01 Å². The Morgan fingerprint density at radius 1 is 1.07 bits per heavy atom. The van der Waals surface area contributed by atoms with Crippen LogP contribution in [-0.4, -0.2) is 89.4 Å². The highest BCUT2D eigenvalue weighted by Gasteiger charge is 2.18. The summed E-state index contributed by atoms with van der Waals surface area (Å²) >= 11 is 0. The van der Waals surface area contributed by atoms with Crippen LogP contribution in [0.15, 0.2) is 30.5 Å². The molecule has 2 atom stereocenters. The second kappa shape index (κ2) is 12.2. The number of aliphatic hydroxyl groups is 1. The number of ether oxygens (including phenoxy) is 1. The molecule has 1 aromatic heterocycles. The summed E-state index contributed by atoms with van der Waals surface area (Å²) in [6, 6.07) is 8.08. The molecule has 0 saturated carbocycles. The Balaban J connectivity index is 0.000000553. The molecule has 0 aliphatic carbocycles. The molecule has 8 heteroatoms. The van der Waals surface area contributed by atoms with Crippen LogP contribution in [0, 0.1) is 6.92 Å². The summed E-state index contributed by atoms with van der Waals surface area (Å²) in [5.41, 5.74) is 2.21. The molecule has 2 aromatic rings. The molecule has 1 aromatic carbocycles. The molecule has 1 heterocycles. The van der Waals surface area contributed by atoms with Gasteiger partial charge in [0, 0.05) is 23.8 Å². The van der Waals surface area contributed by atoms with Crippen molar-refractivity contribution in [2.24, 2.45) is 0 Å². The minimum atomic E-state index is -1.10. The normalized spacial score (nSPS) is 12.9. The van der Waals surface area contributed by atoms with Crippen LogP contribution in [-0.2, 0) is 0 Å². The first kappa shape index (κ1) is 25.5. The van der Waals surface area contributed by atoms with Crippen molar-refractivity contribution in [3.8, 4) is 17.1 Å². The molecule has 166 valence electrons. The number of aliphatic hydroxyl groups excluding tert-OH is 1. The third-order valence-corrected chi connectivity index (χ3v) is 4.89. The molecule has 0 spiro atoms. The quantitative estimate of drug-likeness (QED) is 0.674. The van der Waals surface area contributed by atoms with E-state index in [2.05, 4.69) is 9.97 Å². The number of carbonyl (C=O) groups is 1. The number of hydrogen-bond donors (Lipinski definition) is 2. The summed E-state index contributed by atoms with van der Waals surface area (Å²) in [6.07, 6.45) is 1.51. The lowest BCUT2D eigenvalue weighted by molar-refractivity contribution is 0.0689. The lowest BCUT2D eigenvalue weighted by Crippen LogP contribution is -2.30. The van der Waals surface area contributed by atoms with Gasteiger partial charge in [-0.25, -0.2) is 9.78 Å². The van der Waals surface area contributed by atoms with E-state index in [0.717, 1.165) is 11.1 Å². The van der Waals surface area contributed by atoms with Crippen LogP contribution in [0.3, 0.4) is 0 Å². The van der Waals surface area contributed by atoms with Crippen molar-refractivity contribution in [1.82, 2.24) is 19.8 Å². The zero-order valence-corrected chi connectivity index (χ0v) is 19.0. The van der Waals surface area contributed by atoms with Gasteiger partial charge in [0.1, 0.15) is 6.61 Å². The van der Waals surface area contributed by atoms with E-state index in [1.165, 1.54) is 6.20 Å². The zero-order valence-electron chi connectivity index (χ0n) is 19.0. The van der Waals surface area contributed by atoms with E-state index in [4.69, 9.17) is 9.84 Å². The lowest BCUT2D eigenvalue weighted by Gasteiger charge is -2.19. The van der Waals surface area contributed by atoms with Gasteiger partial charge in [0.25, 0.3) is 0 Å². The molecule has 0 aliphatic heterocycles. The first-order valence-electron chi connectivity index (χ1n) is 9.81. The van der Waals surface area contributed by atoms with Crippen molar-refractivity contribution in [2.75, 3.05) is 41.4 Å². The number of aryl methyl sites for hydroxylation is 1. The third kappa shape index (κ3) is 7.70. The molecule has 2 rings (SSSR count). The molecule has 2 N–H and O–H groups in total. The Morgan fingerprint density at radius 2 is 1.67 bits per heavy atom. The van der Waals surface area contributed by atoms with Crippen LogP contribution < -0.4 is 4.74 Å². The molecular formula is C22H34N4O4. The van der Waals surface area contributed by atoms with Crippen molar-refractivity contribution < 1.29 is 19.7 Å². The summed E-state index contributed by atoms with van der Waals surface area (Å²) in [6.45, 7) is 6.52. The number of likely N-dealkylation sites (N-methyl/N-ethyl adjacent to an activating group) is 2. The Hall–Kier alpha value is -2.55. The predicted molar refractivity (Wildman–Crippen MR) is 118 cm³/mol. The van der Waals surface area contributed by atoms with Gasteiger partial charge in [-0.3, -0.25) is 0 Å². The number of carboxylic acid groups (broad SMARTS) is 1. The second-order valence-electron chi connectivity index (χ2n) is 7.65. The first-order valence-corrected chi connectivity index (χ1v) is 9.81. The van der Waals surface area contributed by atoms with E-state index in [9.17, 15) is 9.90 Å². The maximum atomic E-state index is 11.6. The molecule has 30 heavy (non-hydrogen) atoms. The van der Waals surface area contributed by atoms with Crippen molar-refractivity contribution in [2.45, 2.75) is 32.9 Å². The molecule has 0 amide bonds. The van der Waals surface area contributed by atoms with Crippen molar-refractivity contribution in [3.05, 3.63) is 41.7 Å². The smallest absolute Gasteiger partial charge is 0.355 e. The van der Waals surface area contributed by atoms with Gasteiger partial charge in [-0.2, -0.15) is 4.98 Å². The molecule has 2 unspecified atom stereocenters. The van der Waals surface area contributed by atoms with E-state index in [0.29, 0.717) is 18.2 Å². The minimum absolute atomic E-state index is 0.0539. The second-order valence-corrected chi connectivity index (χ2v) is 7.65. The average molecular weight is 419 g/mol. The Bertz CT molecular complexity index is 811. The van der Waals surface area contributed by atoms with Gasteiger partial charge >= 0.3 is 12.0 Å². The van der Waals surface area contributed by atoms with Gasteiger partial charge in [-0.05, 0) is 60.1 Å². The van der Waals surface area contributed by atoms with Gasteiger partial charge in [0.15, 0.2) is 5.69 Å². The van der Waals surface area contributed by atoms with E-state index < -0.39 is 5.97 Å². The van der Waals surface area contributed by atoms with Crippen molar-refractivity contribution >= 4 is 5.97 Å². The van der Waals surface area contributed by atoms with Gasteiger partial charge in [0.2, 0.25) is 0 Å². The number of carboxylic acids is 1. The lowest BCUT2D eigenvalue weighted by atomic mass is 10.0. The molecule has 0 fully saturated rings. The highest BCUT2D eigenvalue weighted by Crippen LogP contribution is 2.26. The zero-order chi connectivity index (χ0) is 22.8. The highest BCUT2D eigenvalue weighted by atomic mass is 16.5. The molecular weight excluding hydrogens is 384 g/mol. The van der Waals surface area contributed by atoms with Crippen LogP contribution in [0.1, 0.15) is 29.9 Å². The number of nitrogens with zero attached hydrogens (tertiary/aromatic N) is 4. The topological polar surface area (TPSA) is 99.0 Å². The number of hydrogen-bond acceptors (Lipinski definition) is 7. The number of aromatic nitrogens is 2. The summed E-state index contributed by atoms with van der Waals surface area (Å²) in [5, 5.41) is 17.9. The summed E-state index contributed by atoms with van der Waals surface area (Å²) in [4.78, 5) is 23.7. The summed E-state index contributed by atoms with van der Waals surface area (Å²) < 4.78 is 5.51. The van der Waals surface area contributed by atoms with E-state index in [1.807, 2.05) is 83.0 Å². The van der Waals surface area contributed by atoms with Crippen molar-refractivity contribution in [3.63, 3.8) is 0 Å². The van der Waals surface area contributed by atoms with Crippen LogP contribution >= 0.6 is 0 Å². The van der Waals surface area contributed by atoms with Gasteiger partial charge in [-0.1, -0.05) is 24.3 Å². The monoisotopic (exact) mass is 418 g/mol. The maximum Gasteiger partial charge on any atom is 0.355 e. The molecule has 0 bridgehead atoms. The minimum Gasteiger partial charge on any atom is -0.476 e. The van der Waals surface area contributed by atoms with E-state index in [-0.39, 0.29) is 24.4 Å². The first-order chi connectivity index (χ1) is 14.1. The Morgan fingerprint density at radius 3 is 2.13 bits per heavy atom. The van der Waals surface area contributed by atoms with E-state index >= 15 is 0 Å². The molecule has 0 radical (unpaired) electrons. The van der Waals surface area contributed by atoms with Crippen molar-refractivity contribution in [1.29, 1.82) is 0 Å². The molecule has 8 nitrogen and oxygen atoms in total. The highest BCUT2D eigenvalue weighted by molar-refractivity contribution is 5.94. The van der Waals surface area contributed by atoms with E-state index in [1.54, 1.807) is 0 Å². The fourth-order valence-corrected chi connectivity index (χ4v) is 2.18. The van der Waals surface area contributed by atoms with Gasteiger partial charge in [-0.15, -0.1) is 0 Å². The van der Waals surface area contributed by atoms with Crippen LogP contribution in [0.2, 0.25) is 0 Å². The third-order valence-electron chi connectivity index (χ3n) is 4.89. The summed E-state index contributed by atoms with van der Waals surface area (Å²) in [5.74, 6) is -1.10. The Kier molecular flexibility index (Phi) is 10.4. The fourth-order valence-electron chi connectivity index (χ4n) is 2.18. The maximum absolute atomic E-state index is 11.6. The number of rotatable bonds is 8. The van der Waals surface area contributed by atoms with Gasteiger partial charge in [0.05, 0.1) is 6.61 Å². The largest absolute Gasteiger partial charge is 0.476 e. The van der Waals surface area contributed by atoms with Crippen LogP contribution in [0.25, 0.3) is 11.1 Å². The molecule has 0 aliphatic rings. The van der Waals surface area contributed by atoms with Crippen LogP contribution in [0.4, 0.5) is 0 Å². The SMILES string of the molecule is CC(CO)N(C)C.Cc1ccccc1-c1cnc(OCC(C)N(C)C)nc1C(=O)O. The van der Waals surface area contributed by atoms with Gasteiger partial charge < -0.3 is 24.7 Å². The predicted octanol–water partition coefficient (Wildman–Crippen LogP) is 2.41. The fraction of sp³-hybridized carbons (Fsp3) is 0.500. The Labute approximate surface area is 179 Å². The number of aromatic carboxylic acids is 1. The number of benzene rings is 1. The summed E-state index contributed by atoms with van der Waals surface area (Å²) in [7, 11) is 7.78. The standard InChI is InChI=1S/C17H21N3O3.C5H13NO/c1-11-7-5-6-8-13(11)14-9-18-17(19-15(14)16(21)22)23-10-12(2)20(3)4;1-5(4-7)6(2)3/h5-9,12H,10H2,1-4H3,(H,21,22);5,7H,4H2,1-3H3. The average Bonchev–Trinajstić information content (AvgIpc) is 2.71. The molecule has 0 saturated heterocycles.